The fourth-order valence-electron chi connectivity index (χ4n) is 2.96. The minimum Gasteiger partial charge on any atom is -0.370 e. The number of benzene rings is 1. The molecule has 1 aliphatic heterocycles. The van der Waals surface area contributed by atoms with E-state index in [1.807, 2.05) is 24.3 Å². The molecule has 0 radical (unpaired) electrons. The van der Waals surface area contributed by atoms with Crippen molar-refractivity contribution in [2.24, 2.45) is 5.92 Å². The molecular weight excluding hydrogens is 320 g/mol. The van der Waals surface area contributed by atoms with Gasteiger partial charge in [-0.3, -0.25) is 0 Å². The van der Waals surface area contributed by atoms with Gasteiger partial charge < -0.3 is 10.6 Å². The zero-order valence-electron chi connectivity index (χ0n) is 14.3. The van der Waals surface area contributed by atoms with Gasteiger partial charge in [0, 0.05) is 28.9 Å². The molecule has 1 atom stereocenters. The lowest BCUT2D eigenvalue weighted by Gasteiger charge is -2.23. The number of piperidine rings is 1. The topological polar surface area (TPSA) is 49.8 Å². The number of hydrogen-bond acceptors (Lipinski definition) is 4. The SMILES string of the molecule is CC(C)c1cc(NCC2CCCNC2)nc(-c2cccc(Cl)c2)n1. The Labute approximate surface area is 149 Å². The fourth-order valence-corrected chi connectivity index (χ4v) is 3.15. The number of nitrogens with zero attached hydrogens (tertiary/aromatic N) is 2. The third-order valence-electron chi connectivity index (χ3n) is 4.39. The van der Waals surface area contributed by atoms with Crippen LogP contribution in [-0.2, 0) is 0 Å². The highest BCUT2D eigenvalue weighted by Gasteiger charge is 2.14. The zero-order valence-corrected chi connectivity index (χ0v) is 15.1. The van der Waals surface area contributed by atoms with Crippen molar-refractivity contribution >= 4 is 17.4 Å². The lowest BCUT2D eigenvalue weighted by molar-refractivity contribution is 0.392. The van der Waals surface area contributed by atoms with Crippen molar-refractivity contribution in [1.29, 1.82) is 0 Å². The van der Waals surface area contributed by atoms with Gasteiger partial charge >= 0.3 is 0 Å². The molecule has 5 heteroatoms. The van der Waals surface area contributed by atoms with E-state index >= 15 is 0 Å². The van der Waals surface area contributed by atoms with Crippen LogP contribution in [0.15, 0.2) is 30.3 Å². The van der Waals surface area contributed by atoms with E-state index in [-0.39, 0.29) is 0 Å². The van der Waals surface area contributed by atoms with Crippen LogP contribution in [0.1, 0.15) is 38.3 Å². The van der Waals surface area contributed by atoms with Crippen molar-refractivity contribution in [2.45, 2.75) is 32.6 Å². The van der Waals surface area contributed by atoms with Gasteiger partial charge in [-0.1, -0.05) is 37.6 Å². The van der Waals surface area contributed by atoms with E-state index < -0.39 is 0 Å². The monoisotopic (exact) mass is 344 g/mol. The van der Waals surface area contributed by atoms with Gasteiger partial charge in [0.2, 0.25) is 0 Å². The summed E-state index contributed by atoms with van der Waals surface area (Å²) in [5, 5.41) is 7.67. The molecule has 128 valence electrons. The van der Waals surface area contributed by atoms with Crippen LogP contribution in [0.25, 0.3) is 11.4 Å². The quantitative estimate of drug-likeness (QED) is 0.847. The van der Waals surface area contributed by atoms with Crippen LogP contribution in [0.3, 0.4) is 0 Å². The fraction of sp³-hybridized carbons (Fsp3) is 0.474. The second-order valence-corrected chi connectivity index (χ2v) is 7.20. The van der Waals surface area contributed by atoms with E-state index in [0.29, 0.717) is 16.9 Å². The van der Waals surface area contributed by atoms with Gasteiger partial charge in [0.1, 0.15) is 5.82 Å². The predicted octanol–water partition coefficient (Wildman–Crippen LogP) is 4.33. The molecule has 2 heterocycles. The Hall–Kier alpha value is -1.65. The van der Waals surface area contributed by atoms with Crippen molar-refractivity contribution in [2.75, 3.05) is 25.0 Å². The van der Waals surface area contributed by atoms with Crippen molar-refractivity contribution in [3.63, 3.8) is 0 Å². The van der Waals surface area contributed by atoms with Crippen LogP contribution in [0.5, 0.6) is 0 Å². The molecule has 1 aromatic heterocycles. The number of aromatic nitrogens is 2. The molecule has 2 aromatic rings. The summed E-state index contributed by atoms with van der Waals surface area (Å²) in [4.78, 5) is 9.43. The highest BCUT2D eigenvalue weighted by Crippen LogP contribution is 2.24. The van der Waals surface area contributed by atoms with Crippen LogP contribution in [0.2, 0.25) is 5.02 Å². The van der Waals surface area contributed by atoms with Gasteiger partial charge in [0.15, 0.2) is 5.82 Å². The lowest BCUT2D eigenvalue weighted by atomic mass is 10.00. The average Bonchev–Trinajstić information content (AvgIpc) is 2.60. The van der Waals surface area contributed by atoms with E-state index in [1.165, 1.54) is 12.8 Å². The van der Waals surface area contributed by atoms with E-state index in [1.54, 1.807) is 0 Å². The first-order chi connectivity index (χ1) is 11.6. The maximum Gasteiger partial charge on any atom is 0.161 e. The summed E-state index contributed by atoms with van der Waals surface area (Å²) in [5.41, 5.74) is 2.00. The molecule has 1 saturated heterocycles. The third kappa shape index (κ3) is 4.46. The number of rotatable bonds is 5. The lowest BCUT2D eigenvalue weighted by Crippen LogP contribution is -2.33. The Balaban J connectivity index is 1.82. The van der Waals surface area contributed by atoms with E-state index in [0.717, 1.165) is 42.5 Å². The summed E-state index contributed by atoms with van der Waals surface area (Å²) in [5.74, 6) is 2.64. The molecular formula is C19H25ClN4. The molecule has 0 amide bonds. The first kappa shape index (κ1) is 17.2. The minimum absolute atomic E-state index is 0.350. The molecule has 24 heavy (non-hydrogen) atoms. The van der Waals surface area contributed by atoms with Crippen molar-refractivity contribution in [3.05, 3.63) is 41.0 Å². The first-order valence-corrected chi connectivity index (χ1v) is 9.09. The molecule has 1 aromatic carbocycles. The molecule has 2 N–H and O–H groups in total. The molecule has 0 saturated carbocycles. The van der Waals surface area contributed by atoms with E-state index in [4.69, 9.17) is 21.6 Å². The molecule has 0 aliphatic carbocycles. The summed E-state index contributed by atoms with van der Waals surface area (Å²) in [6, 6.07) is 9.78. The minimum atomic E-state index is 0.350. The van der Waals surface area contributed by atoms with Gasteiger partial charge in [-0.25, -0.2) is 9.97 Å². The molecule has 1 aliphatic rings. The van der Waals surface area contributed by atoms with Gasteiger partial charge in [-0.05, 0) is 49.9 Å². The molecule has 1 fully saturated rings. The molecule has 4 nitrogen and oxygen atoms in total. The summed E-state index contributed by atoms with van der Waals surface area (Å²) in [6.45, 7) is 7.46. The smallest absolute Gasteiger partial charge is 0.161 e. The summed E-state index contributed by atoms with van der Waals surface area (Å²) in [6.07, 6.45) is 2.52. The van der Waals surface area contributed by atoms with E-state index in [2.05, 4.69) is 30.5 Å². The standard InChI is InChI=1S/C19H25ClN4/c1-13(2)17-10-18(22-12-14-5-4-8-21-11-14)24-19(23-17)15-6-3-7-16(20)9-15/h3,6-7,9-10,13-14,21H,4-5,8,11-12H2,1-2H3,(H,22,23,24). The third-order valence-corrected chi connectivity index (χ3v) is 4.63. The number of anilines is 1. The van der Waals surface area contributed by atoms with Crippen LogP contribution < -0.4 is 10.6 Å². The van der Waals surface area contributed by atoms with Gasteiger partial charge in [-0.2, -0.15) is 0 Å². The molecule has 1 unspecified atom stereocenters. The van der Waals surface area contributed by atoms with Crippen molar-refractivity contribution in [1.82, 2.24) is 15.3 Å². The Bertz CT molecular complexity index is 681. The Morgan fingerprint density at radius 1 is 1.29 bits per heavy atom. The highest BCUT2D eigenvalue weighted by molar-refractivity contribution is 6.30. The normalized spacial score (nSPS) is 17.9. The maximum absolute atomic E-state index is 6.12. The predicted molar refractivity (Wildman–Crippen MR) is 101 cm³/mol. The van der Waals surface area contributed by atoms with Gasteiger partial charge in [0.05, 0.1) is 0 Å². The maximum atomic E-state index is 6.12. The summed E-state index contributed by atoms with van der Waals surface area (Å²) < 4.78 is 0. The zero-order chi connectivity index (χ0) is 16.9. The van der Waals surface area contributed by atoms with Crippen LogP contribution in [0, 0.1) is 5.92 Å². The van der Waals surface area contributed by atoms with Crippen LogP contribution in [-0.4, -0.2) is 29.6 Å². The van der Waals surface area contributed by atoms with Crippen molar-refractivity contribution < 1.29 is 0 Å². The number of halogens is 1. The molecule has 3 rings (SSSR count). The van der Waals surface area contributed by atoms with E-state index in [9.17, 15) is 0 Å². The number of nitrogens with one attached hydrogen (secondary N) is 2. The molecule has 0 spiro atoms. The number of hydrogen-bond donors (Lipinski definition) is 2. The Morgan fingerprint density at radius 2 is 2.17 bits per heavy atom. The van der Waals surface area contributed by atoms with Gasteiger partial charge in [-0.15, -0.1) is 0 Å². The summed E-state index contributed by atoms with van der Waals surface area (Å²) in [7, 11) is 0. The Morgan fingerprint density at radius 3 is 2.88 bits per heavy atom. The molecule has 0 bridgehead atoms. The second kappa shape index (κ2) is 7.95. The average molecular weight is 345 g/mol. The summed E-state index contributed by atoms with van der Waals surface area (Å²) >= 11 is 6.12. The van der Waals surface area contributed by atoms with Gasteiger partial charge in [0.25, 0.3) is 0 Å². The highest BCUT2D eigenvalue weighted by atomic mass is 35.5. The van der Waals surface area contributed by atoms with Crippen LogP contribution >= 0.6 is 11.6 Å². The largest absolute Gasteiger partial charge is 0.370 e. The Kier molecular flexibility index (Phi) is 5.69. The first-order valence-electron chi connectivity index (χ1n) is 8.71. The van der Waals surface area contributed by atoms with Crippen LogP contribution in [0.4, 0.5) is 5.82 Å². The van der Waals surface area contributed by atoms with Crippen molar-refractivity contribution in [3.8, 4) is 11.4 Å². The second-order valence-electron chi connectivity index (χ2n) is 6.76.